The van der Waals surface area contributed by atoms with Gasteiger partial charge in [0.15, 0.2) is 0 Å². The van der Waals surface area contributed by atoms with Gasteiger partial charge in [-0.1, -0.05) is 0 Å². The number of aryl methyl sites for hydroxylation is 1. The van der Waals surface area contributed by atoms with Crippen LogP contribution in [0.2, 0.25) is 0 Å². The molecule has 0 aliphatic carbocycles. The Balaban J connectivity index is 1.84. The molecule has 0 unspecified atom stereocenters. The molecule has 0 amide bonds. The van der Waals surface area contributed by atoms with Crippen molar-refractivity contribution in [2.75, 3.05) is 13.2 Å². The second kappa shape index (κ2) is 7.05. The number of hydrogen-bond acceptors (Lipinski definition) is 5. The van der Waals surface area contributed by atoms with Gasteiger partial charge in [0.05, 0.1) is 30.0 Å². The summed E-state index contributed by atoms with van der Waals surface area (Å²) in [6.45, 7) is 4.86. The fourth-order valence-corrected chi connectivity index (χ4v) is 2.50. The lowest BCUT2D eigenvalue weighted by atomic mass is 10.2. The molecule has 106 valence electrons. The van der Waals surface area contributed by atoms with Gasteiger partial charge in [-0.05, 0) is 38.1 Å². The number of aromatic nitrogens is 1. The summed E-state index contributed by atoms with van der Waals surface area (Å²) in [5, 5.41) is 0. The van der Waals surface area contributed by atoms with E-state index in [1.807, 2.05) is 13.8 Å². The monoisotopic (exact) mass is 291 g/mol. The Labute approximate surface area is 122 Å². The molecule has 2 rings (SSSR count). The number of carbonyl (C=O) groups excluding carboxylic acids is 1. The van der Waals surface area contributed by atoms with E-state index in [1.54, 1.807) is 41.1 Å². The van der Waals surface area contributed by atoms with E-state index in [4.69, 9.17) is 9.47 Å². The summed E-state index contributed by atoms with van der Waals surface area (Å²) in [6.07, 6.45) is 0.708. The first-order chi connectivity index (χ1) is 9.70. The van der Waals surface area contributed by atoms with Crippen LogP contribution in [-0.2, 0) is 11.2 Å². The minimum absolute atomic E-state index is 0.310. The second-order valence-corrected chi connectivity index (χ2v) is 5.14. The third-order valence-electron chi connectivity index (χ3n) is 2.81. The van der Waals surface area contributed by atoms with Crippen LogP contribution in [0.1, 0.15) is 27.9 Å². The van der Waals surface area contributed by atoms with Gasteiger partial charge in [0, 0.05) is 11.3 Å². The molecule has 0 aliphatic heterocycles. The first kappa shape index (κ1) is 14.5. The molecule has 1 aromatic carbocycles. The number of ether oxygens (including phenoxy) is 2. The van der Waals surface area contributed by atoms with E-state index in [-0.39, 0.29) is 5.97 Å². The third-order valence-corrected chi connectivity index (χ3v) is 3.80. The second-order valence-electron chi connectivity index (χ2n) is 4.20. The molecular weight excluding hydrogens is 274 g/mol. The molecule has 0 bridgehead atoms. The number of thiazole rings is 1. The van der Waals surface area contributed by atoms with Crippen LogP contribution in [0.4, 0.5) is 0 Å². The Morgan fingerprint density at radius 2 is 2.05 bits per heavy atom. The van der Waals surface area contributed by atoms with Crippen LogP contribution in [0.15, 0.2) is 29.8 Å². The first-order valence-corrected chi connectivity index (χ1v) is 7.37. The van der Waals surface area contributed by atoms with Crippen molar-refractivity contribution in [3.05, 3.63) is 45.9 Å². The highest BCUT2D eigenvalue weighted by molar-refractivity contribution is 7.09. The van der Waals surface area contributed by atoms with Gasteiger partial charge < -0.3 is 9.47 Å². The minimum atomic E-state index is -0.310. The van der Waals surface area contributed by atoms with Crippen molar-refractivity contribution in [3.8, 4) is 5.75 Å². The summed E-state index contributed by atoms with van der Waals surface area (Å²) >= 11 is 1.59. The van der Waals surface area contributed by atoms with Crippen molar-refractivity contribution < 1.29 is 14.3 Å². The zero-order chi connectivity index (χ0) is 14.4. The van der Waals surface area contributed by atoms with Gasteiger partial charge in [0.1, 0.15) is 5.75 Å². The SMILES string of the molecule is CCOc1ccc(C(=O)OCCc2scnc2C)cc1. The molecule has 4 nitrogen and oxygen atoms in total. The van der Waals surface area contributed by atoms with Crippen LogP contribution in [0.25, 0.3) is 0 Å². The van der Waals surface area contributed by atoms with Crippen LogP contribution >= 0.6 is 11.3 Å². The van der Waals surface area contributed by atoms with E-state index in [1.165, 1.54) is 0 Å². The summed E-state index contributed by atoms with van der Waals surface area (Å²) in [6, 6.07) is 6.97. The number of carbonyl (C=O) groups is 1. The lowest BCUT2D eigenvalue weighted by molar-refractivity contribution is 0.0509. The molecule has 0 radical (unpaired) electrons. The molecule has 1 aromatic heterocycles. The van der Waals surface area contributed by atoms with E-state index >= 15 is 0 Å². The molecule has 0 saturated carbocycles. The van der Waals surface area contributed by atoms with Gasteiger partial charge in [-0.3, -0.25) is 0 Å². The normalized spacial score (nSPS) is 10.3. The molecular formula is C15H17NO3S. The van der Waals surface area contributed by atoms with Crippen LogP contribution in [-0.4, -0.2) is 24.2 Å². The van der Waals surface area contributed by atoms with E-state index in [2.05, 4.69) is 4.98 Å². The van der Waals surface area contributed by atoms with E-state index in [0.717, 1.165) is 16.3 Å². The zero-order valence-corrected chi connectivity index (χ0v) is 12.4. The lowest BCUT2D eigenvalue weighted by Crippen LogP contribution is -2.08. The molecule has 0 atom stereocenters. The standard InChI is InChI=1S/C15H17NO3S/c1-3-18-13-6-4-12(5-7-13)15(17)19-9-8-14-11(2)16-10-20-14/h4-7,10H,3,8-9H2,1-2H3. The summed E-state index contributed by atoms with van der Waals surface area (Å²) in [5.41, 5.74) is 3.35. The van der Waals surface area contributed by atoms with Crippen LogP contribution in [0, 0.1) is 6.92 Å². The van der Waals surface area contributed by atoms with Crippen molar-refractivity contribution in [2.45, 2.75) is 20.3 Å². The third kappa shape index (κ3) is 3.81. The summed E-state index contributed by atoms with van der Waals surface area (Å²) in [5.74, 6) is 0.444. The van der Waals surface area contributed by atoms with Gasteiger partial charge in [0.2, 0.25) is 0 Å². The molecule has 0 spiro atoms. The largest absolute Gasteiger partial charge is 0.494 e. The number of hydrogen-bond donors (Lipinski definition) is 0. The van der Waals surface area contributed by atoms with Gasteiger partial charge in [-0.2, -0.15) is 0 Å². The Bertz CT molecular complexity index is 563. The summed E-state index contributed by atoms with van der Waals surface area (Å²) in [7, 11) is 0. The number of rotatable bonds is 6. The minimum Gasteiger partial charge on any atom is -0.494 e. The Kier molecular flexibility index (Phi) is 5.12. The molecule has 0 saturated heterocycles. The number of benzene rings is 1. The van der Waals surface area contributed by atoms with Crippen molar-refractivity contribution in [1.82, 2.24) is 4.98 Å². The molecule has 5 heteroatoms. The molecule has 0 N–H and O–H groups in total. The predicted octanol–water partition coefficient (Wildman–Crippen LogP) is 3.25. The molecule has 20 heavy (non-hydrogen) atoms. The van der Waals surface area contributed by atoms with Crippen LogP contribution in [0.5, 0.6) is 5.75 Å². The predicted molar refractivity (Wildman–Crippen MR) is 78.4 cm³/mol. The fraction of sp³-hybridized carbons (Fsp3) is 0.333. The average Bonchev–Trinajstić information content (AvgIpc) is 2.85. The van der Waals surface area contributed by atoms with Crippen LogP contribution < -0.4 is 4.74 Å². The van der Waals surface area contributed by atoms with E-state index in [0.29, 0.717) is 25.2 Å². The van der Waals surface area contributed by atoms with Crippen LogP contribution in [0.3, 0.4) is 0 Å². The fourth-order valence-electron chi connectivity index (χ4n) is 1.74. The van der Waals surface area contributed by atoms with E-state index < -0.39 is 0 Å². The zero-order valence-electron chi connectivity index (χ0n) is 11.6. The highest BCUT2D eigenvalue weighted by Gasteiger charge is 2.08. The number of nitrogens with zero attached hydrogens (tertiary/aromatic N) is 1. The van der Waals surface area contributed by atoms with Gasteiger partial charge >= 0.3 is 5.97 Å². The average molecular weight is 291 g/mol. The highest BCUT2D eigenvalue weighted by Crippen LogP contribution is 2.15. The van der Waals surface area contributed by atoms with Crippen molar-refractivity contribution in [1.29, 1.82) is 0 Å². The topological polar surface area (TPSA) is 48.4 Å². The van der Waals surface area contributed by atoms with Crippen molar-refractivity contribution in [3.63, 3.8) is 0 Å². The van der Waals surface area contributed by atoms with E-state index in [9.17, 15) is 4.79 Å². The Hall–Kier alpha value is -1.88. The highest BCUT2D eigenvalue weighted by atomic mass is 32.1. The lowest BCUT2D eigenvalue weighted by Gasteiger charge is -2.06. The maximum absolute atomic E-state index is 11.9. The smallest absolute Gasteiger partial charge is 0.338 e. The summed E-state index contributed by atoms with van der Waals surface area (Å²) < 4.78 is 10.6. The van der Waals surface area contributed by atoms with Crippen molar-refractivity contribution >= 4 is 17.3 Å². The molecule has 2 aromatic rings. The quantitative estimate of drug-likeness (QED) is 0.767. The number of esters is 1. The maximum atomic E-state index is 11.9. The Morgan fingerprint density at radius 3 is 2.65 bits per heavy atom. The van der Waals surface area contributed by atoms with Gasteiger partial charge in [0.25, 0.3) is 0 Å². The summed E-state index contributed by atoms with van der Waals surface area (Å²) in [4.78, 5) is 17.2. The molecule has 1 heterocycles. The first-order valence-electron chi connectivity index (χ1n) is 6.49. The Morgan fingerprint density at radius 1 is 1.30 bits per heavy atom. The molecule has 0 aliphatic rings. The van der Waals surface area contributed by atoms with Gasteiger partial charge in [-0.15, -0.1) is 11.3 Å². The molecule has 0 fully saturated rings. The van der Waals surface area contributed by atoms with Gasteiger partial charge in [-0.25, -0.2) is 9.78 Å². The maximum Gasteiger partial charge on any atom is 0.338 e. The van der Waals surface area contributed by atoms with Crippen molar-refractivity contribution in [2.24, 2.45) is 0 Å².